The molecule has 0 spiro atoms. The van der Waals surface area contributed by atoms with Crippen LogP contribution in [-0.2, 0) is 26.2 Å². The molecule has 206 valence electrons. The molecule has 38 heavy (non-hydrogen) atoms. The number of hydrogen-bond donors (Lipinski definition) is 1. The molecule has 1 N–H and O–H groups in total. The normalized spacial score (nSPS) is 16.1. The first-order valence-electron chi connectivity index (χ1n) is 13.2. The van der Waals surface area contributed by atoms with Crippen molar-refractivity contribution >= 4 is 27.5 Å². The Kier molecular flexibility index (Phi) is 8.81. The van der Waals surface area contributed by atoms with Gasteiger partial charge in [0.25, 0.3) is 0 Å². The second kappa shape index (κ2) is 12.1. The summed E-state index contributed by atoms with van der Waals surface area (Å²) in [7, 11) is -3.83. The van der Waals surface area contributed by atoms with E-state index in [1.54, 1.807) is 18.2 Å². The molecular formula is C28H37N3O6S. The quantitative estimate of drug-likeness (QED) is 0.490. The zero-order chi connectivity index (χ0) is 27.3. The van der Waals surface area contributed by atoms with Crippen molar-refractivity contribution in [3.05, 3.63) is 53.6 Å². The lowest BCUT2D eigenvalue weighted by Crippen LogP contribution is -2.54. The molecule has 2 amide bonds. The Morgan fingerprint density at radius 2 is 1.76 bits per heavy atom. The van der Waals surface area contributed by atoms with Crippen LogP contribution in [0.25, 0.3) is 0 Å². The van der Waals surface area contributed by atoms with Crippen LogP contribution in [0, 0.1) is 6.92 Å². The number of carbonyl (C=O) groups excluding carboxylic acids is 2. The van der Waals surface area contributed by atoms with Gasteiger partial charge < -0.3 is 19.7 Å². The number of aryl methyl sites for hydroxylation is 1. The minimum absolute atomic E-state index is 0.0507. The van der Waals surface area contributed by atoms with E-state index in [0.717, 1.165) is 47.4 Å². The summed E-state index contributed by atoms with van der Waals surface area (Å²) in [5.41, 5.74) is 2.18. The number of ether oxygens (including phenoxy) is 2. The van der Waals surface area contributed by atoms with E-state index in [0.29, 0.717) is 23.6 Å². The van der Waals surface area contributed by atoms with Gasteiger partial charge in [-0.3, -0.25) is 13.9 Å². The van der Waals surface area contributed by atoms with Crippen LogP contribution in [0.15, 0.2) is 42.5 Å². The number of amides is 2. The first-order chi connectivity index (χ1) is 18.2. The van der Waals surface area contributed by atoms with Crippen LogP contribution in [0.2, 0.25) is 0 Å². The minimum atomic E-state index is -3.83. The molecule has 1 saturated carbocycles. The average molecular weight is 544 g/mol. The highest BCUT2D eigenvalue weighted by Crippen LogP contribution is 2.36. The van der Waals surface area contributed by atoms with Gasteiger partial charge in [0.15, 0.2) is 11.5 Å². The number of anilines is 1. The molecule has 1 aliphatic carbocycles. The van der Waals surface area contributed by atoms with Crippen molar-refractivity contribution < 1.29 is 27.5 Å². The molecule has 4 rings (SSSR count). The summed E-state index contributed by atoms with van der Waals surface area (Å²) in [5, 5.41) is 3.15. The van der Waals surface area contributed by atoms with E-state index in [1.807, 2.05) is 38.1 Å². The number of nitrogens with zero attached hydrogens (tertiary/aromatic N) is 2. The van der Waals surface area contributed by atoms with Crippen LogP contribution >= 0.6 is 0 Å². The third-order valence-corrected chi connectivity index (χ3v) is 8.40. The lowest BCUT2D eigenvalue weighted by Gasteiger charge is -2.34. The Hall–Kier alpha value is -3.27. The van der Waals surface area contributed by atoms with Crippen LogP contribution in [0.5, 0.6) is 11.5 Å². The number of nitrogens with one attached hydrogen (secondary N) is 1. The smallest absolute Gasteiger partial charge is 0.244 e. The van der Waals surface area contributed by atoms with Crippen LogP contribution in [0.1, 0.15) is 56.6 Å². The van der Waals surface area contributed by atoms with Crippen molar-refractivity contribution in [2.24, 2.45) is 0 Å². The van der Waals surface area contributed by atoms with E-state index in [9.17, 15) is 18.0 Å². The molecule has 2 aromatic carbocycles. The van der Waals surface area contributed by atoms with Gasteiger partial charge in [0, 0.05) is 18.7 Å². The zero-order valence-electron chi connectivity index (χ0n) is 22.3. The van der Waals surface area contributed by atoms with E-state index in [4.69, 9.17) is 9.47 Å². The average Bonchev–Trinajstić information content (AvgIpc) is 3.36. The van der Waals surface area contributed by atoms with Crippen molar-refractivity contribution in [1.82, 2.24) is 10.2 Å². The second-order valence-electron chi connectivity index (χ2n) is 10.0. The summed E-state index contributed by atoms with van der Waals surface area (Å²) >= 11 is 0. The zero-order valence-corrected chi connectivity index (χ0v) is 23.1. The summed E-state index contributed by atoms with van der Waals surface area (Å²) in [4.78, 5) is 28.9. The maximum Gasteiger partial charge on any atom is 0.244 e. The van der Waals surface area contributed by atoms with Crippen molar-refractivity contribution in [3.63, 3.8) is 0 Å². The fourth-order valence-corrected chi connectivity index (χ4v) is 5.93. The minimum Gasteiger partial charge on any atom is -0.454 e. The predicted molar refractivity (Wildman–Crippen MR) is 146 cm³/mol. The lowest BCUT2D eigenvalue weighted by molar-refractivity contribution is -0.140. The van der Waals surface area contributed by atoms with Gasteiger partial charge in [0.2, 0.25) is 28.6 Å². The standard InChI is InChI=1S/C28H37N3O6S/c1-4-24(28(33)29-22-12-6-5-7-13-22)30(17-21-11-9-8-10-20(21)2)27(32)18-31(38(3,34)35)23-14-15-25-26(16-23)37-19-36-25/h8-11,14-16,22,24H,4-7,12-13,17-19H2,1-3H3,(H,29,33)/t24-/m1/s1. The van der Waals surface area contributed by atoms with E-state index < -0.39 is 28.5 Å². The molecule has 0 bridgehead atoms. The first-order valence-corrected chi connectivity index (χ1v) is 15.0. The SMILES string of the molecule is CC[C@H](C(=O)NC1CCCCC1)N(Cc1ccccc1C)C(=O)CN(c1ccc2c(c1)OCO2)S(C)(=O)=O. The summed E-state index contributed by atoms with van der Waals surface area (Å²) in [6.07, 6.45) is 6.64. The fourth-order valence-electron chi connectivity index (χ4n) is 5.09. The van der Waals surface area contributed by atoms with Crippen LogP contribution in [0.3, 0.4) is 0 Å². The summed E-state index contributed by atoms with van der Waals surface area (Å²) in [6.45, 7) is 3.62. The monoisotopic (exact) mass is 543 g/mol. The maximum atomic E-state index is 13.9. The third-order valence-electron chi connectivity index (χ3n) is 7.26. The van der Waals surface area contributed by atoms with E-state index in [1.165, 1.54) is 11.3 Å². The number of fused-ring (bicyclic) bond motifs is 1. The Morgan fingerprint density at radius 1 is 1.05 bits per heavy atom. The summed E-state index contributed by atoms with van der Waals surface area (Å²) in [6, 6.07) is 11.8. The first kappa shape index (κ1) is 27.8. The molecule has 0 unspecified atom stereocenters. The highest BCUT2D eigenvalue weighted by atomic mass is 32.2. The van der Waals surface area contributed by atoms with Gasteiger partial charge in [-0.25, -0.2) is 8.42 Å². The lowest BCUT2D eigenvalue weighted by atomic mass is 9.95. The maximum absolute atomic E-state index is 13.9. The highest BCUT2D eigenvalue weighted by molar-refractivity contribution is 7.92. The molecule has 0 saturated heterocycles. The van der Waals surface area contributed by atoms with Gasteiger partial charge in [-0.05, 0) is 49.4 Å². The number of hydrogen-bond acceptors (Lipinski definition) is 6. The van der Waals surface area contributed by atoms with Gasteiger partial charge in [0.05, 0.1) is 11.9 Å². The summed E-state index contributed by atoms with van der Waals surface area (Å²) in [5.74, 6) is 0.274. The van der Waals surface area contributed by atoms with Crippen molar-refractivity contribution in [3.8, 4) is 11.5 Å². The van der Waals surface area contributed by atoms with E-state index in [2.05, 4.69) is 5.32 Å². The Morgan fingerprint density at radius 3 is 2.45 bits per heavy atom. The molecule has 10 heteroatoms. The Labute approximate surface area is 225 Å². The van der Waals surface area contributed by atoms with Gasteiger partial charge in [0.1, 0.15) is 12.6 Å². The van der Waals surface area contributed by atoms with E-state index >= 15 is 0 Å². The van der Waals surface area contributed by atoms with E-state index in [-0.39, 0.29) is 25.3 Å². The molecule has 0 radical (unpaired) electrons. The molecule has 0 aromatic heterocycles. The van der Waals surface area contributed by atoms with Crippen molar-refractivity contribution in [2.45, 2.75) is 71.0 Å². The van der Waals surface area contributed by atoms with Crippen molar-refractivity contribution in [1.29, 1.82) is 0 Å². The molecule has 1 aliphatic heterocycles. The molecule has 1 heterocycles. The Balaban J connectivity index is 1.63. The number of rotatable bonds is 10. The number of sulfonamides is 1. The van der Waals surface area contributed by atoms with Crippen LogP contribution in [-0.4, -0.2) is 56.8 Å². The summed E-state index contributed by atoms with van der Waals surface area (Å²) < 4.78 is 37.5. The van der Waals surface area contributed by atoms with Crippen LogP contribution < -0.4 is 19.1 Å². The number of carbonyl (C=O) groups is 2. The van der Waals surface area contributed by atoms with Crippen LogP contribution in [0.4, 0.5) is 5.69 Å². The molecule has 9 nitrogen and oxygen atoms in total. The molecule has 2 aromatic rings. The molecular weight excluding hydrogens is 506 g/mol. The molecule has 1 fully saturated rings. The fraction of sp³-hybridized carbons (Fsp3) is 0.500. The second-order valence-corrected chi connectivity index (χ2v) is 11.9. The molecule has 1 atom stereocenters. The topological polar surface area (TPSA) is 105 Å². The number of benzene rings is 2. The van der Waals surface area contributed by atoms with Gasteiger partial charge >= 0.3 is 0 Å². The van der Waals surface area contributed by atoms with Crippen molar-refractivity contribution in [2.75, 3.05) is 23.9 Å². The highest BCUT2D eigenvalue weighted by Gasteiger charge is 2.33. The van der Waals surface area contributed by atoms with Gasteiger partial charge in [-0.1, -0.05) is 50.5 Å². The predicted octanol–water partition coefficient (Wildman–Crippen LogP) is 3.75. The largest absolute Gasteiger partial charge is 0.454 e. The Bertz CT molecular complexity index is 1260. The third kappa shape index (κ3) is 6.59. The van der Waals surface area contributed by atoms with Gasteiger partial charge in [-0.15, -0.1) is 0 Å². The van der Waals surface area contributed by atoms with Gasteiger partial charge in [-0.2, -0.15) is 0 Å². The molecule has 2 aliphatic rings.